The maximum atomic E-state index is 13.1. The van der Waals surface area contributed by atoms with Gasteiger partial charge in [0.15, 0.2) is 0 Å². The largest absolute Gasteiger partial charge is 0.271 e. The Hall–Kier alpha value is -0.640. The van der Waals surface area contributed by atoms with Gasteiger partial charge in [0.05, 0.1) is 5.02 Å². The minimum atomic E-state index is -0.392. The van der Waals surface area contributed by atoms with Gasteiger partial charge in [0, 0.05) is 5.54 Å². The van der Waals surface area contributed by atoms with Crippen molar-refractivity contribution in [3.63, 3.8) is 0 Å². The fourth-order valence-electron chi connectivity index (χ4n) is 1.21. The first-order chi connectivity index (χ1) is 6.44. The van der Waals surface area contributed by atoms with Crippen LogP contribution in [0.1, 0.15) is 19.4 Å². The van der Waals surface area contributed by atoms with Crippen LogP contribution in [0.15, 0.2) is 18.2 Å². The minimum absolute atomic E-state index is 0.146. The molecule has 78 valence electrons. The van der Waals surface area contributed by atoms with E-state index in [1.54, 1.807) is 12.1 Å². The van der Waals surface area contributed by atoms with E-state index in [2.05, 4.69) is 5.43 Å². The normalized spacial score (nSPS) is 11.8. The first-order valence-corrected chi connectivity index (χ1v) is 4.74. The number of hydrogen-bond donors (Lipinski definition) is 2. The lowest BCUT2D eigenvalue weighted by Gasteiger charge is -2.23. The molecule has 1 aromatic rings. The van der Waals surface area contributed by atoms with Crippen LogP contribution in [0.5, 0.6) is 0 Å². The zero-order valence-corrected chi connectivity index (χ0v) is 9.03. The minimum Gasteiger partial charge on any atom is -0.271 e. The first-order valence-electron chi connectivity index (χ1n) is 4.36. The Morgan fingerprint density at radius 1 is 1.50 bits per heavy atom. The molecule has 3 N–H and O–H groups in total. The number of halogens is 2. The summed E-state index contributed by atoms with van der Waals surface area (Å²) in [7, 11) is 0. The van der Waals surface area contributed by atoms with Crippen LogP contribution in [0.25, 0.3) is 0 Å². The summed E-state index contributed by atoms with van der Waals surface area (Å²) in [6, 6.07) is 4.78. The predicted octanol–water partition coefficient (Wildman–Crippen LogP) is 2.26. The molecule has 0 saturated heterocycles. The van der Waals surface area contributed by atoms with E-state index in [4.69, 9.17) is 17.4 Å². The van der Waals surface area contributed by atoms with Crippen molar-refractivity contribution >= 4 is 11.6 Å². The van der Waals surface area contributed by atoms with Crippen LogP contribution in [-0.4, -0.2) is 5.54 Å². The van der Waals surface area contributed by atoms with Crippen molar-refractivity contribution in [1.29, 1.82) is 0 Å². The van der Waals surface area contributed by atoms with Crippen LogP contribution in [0.3, 0.4) is 0 Å². The van der Waals surface area contributed by atoms with Crippen LogP contribution < -0.4 is 11.3 Å². The summed E-state index contributed by atoms with van der Waals surface area (Å²) in [5, 5.41) is 0.146. The first kappa shape index (κ1) is 11.4. The number of nitrogens with two attached hydrogens (primary N) is 1. The number of benzene rings is 1. The van der Waals surface area contributed by atoms with E-state index < -0.39 is 5.82 Å². The molecule has 0 saturated carbocycles. The number of nitrogens with one attached hydrogen (secondary N) is 1. The van der Waals surface area contributed by atoms with Gasteiger partial charge < -0.3 is 0 Å². The van der Waals surface area contributed by atoms with E-state index in [-0.39, 0.29) is 10.6 Å². The van der Waals surface area contributed by atoms with Gasteiger partial charge in [0.1, 0.15) is 5.82 Å². The zero-order valence-electron chi connectivity index (χ0n) is 8.27. The SMILES string of the molecule is CC(C)(Cc1ccc(Cl)c(F)c1)NN. The molecule has 0 bridgehead atoms. The summed E-state index contributed by atoms with van der Waals surface area (Å²) < 4.78 is 13.1. The maximum absolute atomic E-state index is 13.1. The smallest absolute Gasteiger partial charge is 0.142 e. The van der Waals surface area contributed by atoms with E-state index >= 15 is 0 Å². The number of hydrogen-bond acceptors (Lipinski definition) is 2. The highest BCUT2D eigenvalue weighted by atomic mass is 35.5. The van der Waals surface area contributed by atoms with Crippen LogP contribution in [-0.2, 0) is 6.42 Å². The Bertz CT molecular complexity index is 326. The summed E-state index contributed by atoms with van der Waals surface area (Å²) >= 11 is 5.57. The van der Waals surface area contributed by atoms with Gasteiger partial charge in [-0.2, -0.15) is 0 Å². The zero-order chi connectivity index (χ0) is 10.8. The molecule has 0 aliphatic heterocycles. The van der Waals surface area contributed by atoms with Crippen molar-refractivity contribution in [3.8, 4) is 0 Å². The lowest BCUT2D eigenvalue weighted by Crippen LogP contribution is -2.45. The topological polar surface area (TPSA) is 38.0 Å². The summed E-state index contributed by atoms with van der Waals surface area (Å²) in [6.07, 6.45) is 0.650. The van der Waals surface area contributed by atoms with E-state index in [0.717, 1.165) is 5.56 Å². The van der Waals surface area contributed by atoms with Gasteiger partial charge in [0.2, 0.25) is 0 Å². The van der Waals surface area contributed by atoms with Gasteiger partial charge in [-0.15, -0.1) is 0 Å². The van der Waals surface area contributed by atoms with Crippen molar-refractivity contribution in [2.75, 3.05) is 0 Å². The highest BCUT2D eigenvalue weighted by Crippen LogP contribution is 2.18. The third-order valence-corrected chi connectivity index (χ3v) is 2.33. The molecule has 14 heavy (non-hydrogen) atoms. The van der Waals surface area contributed by atoms with Crippen LogP contribution >= 0.6 is 11.6 Å². The molecule has 1 aromatic carbocycles. The second-order valence-corrected chi connectivity index (χ2v) is 4.36. The summed E-state index contributed by atoms with van der Waals surface area (Å²) in [5.74, 6) is 4.96. The van der Waals surface area contributed by atoms with Crippen molar-refractivity contribution < 1.29 is 4.39 Å². The lowest BCUT2D eigenvalue weighted by atomic mass is 9.96. The van der Waals surface area contributed by atoms with Gasteiger partial charge in [-0.3, -0.25) is 11.3 Å². The molecule has 1 rings (SSSR count). The van der Waals surface area contributed by atoms with Crippen molar-refractivity contribution in [3.05, 3.63) is 34.6 Å². The molecule has 0 atom stereocenters. The quantitative estimate of drug-likeness (QED) is 0.601. The fraction of sp³-hybridized carbons (Fsp3) is 0.400. The van der Waals surface area contributed by atoms with Gasteiger partial charge >= 0.3 is 0 Å². The molecule has 0 spiro atoms. The average Bonchev–Trinajstić information content (AvgIpc) is 2.11. The second kappa shape index (κ2) is 4.26. The molecule has 0 heterocycles. The van der Waals surface area contributed by atoms with Gasteiger partial charge in [0.25, 0.3) is 0 Å². The molecule has 0 aromatic heterocycles. The van der Waals surface area contributed by atoms with Crippen LogP contribution in [0, 0.1) is 5.82 Å². The highest BCUT2D eigenvalue weighted by molar-refractivity contribution is 6.30. The standard InChI is InChI=1S/C10H14ClFN2/c1-10(2,14-13)6-7-3-4-8(11)9(12)5-7/h3-5,14H,6,13H2,1-2H3. The maximum Gasteiger partial charge on any atom is 0.142 e. The Balaban J connectivity index is 2.83. The number of hydrazine groups is 1. The summed E-state index contributed by atoms with van der Waals surface area (Å²) in [4.78, 5) is 0. The van der Waals surface area contributed by atoms with Crippen molar-refractivity contribution in [2.45, 2.75) is 25.8 Å². The molecule has 4 heteroatoms. The molecule has 0 unspecified atom stereocenters. The monoisotopic (exact) mass is 216 g/mol. The number of rotatable bonds is 3. The molecule has 0 radical (unpaired) electrons. The molecule has 0 aliphatic rings. The third-order valence-electron chi connectivity index (χ3n) is 2.02. The van der Waals surface area contributed by atoms with E-state index in [0.29, 0.717) is 6.42 Å². The molecule has 2 nitrogen and oxygen atoms in total. The summed E-state index contributed by atoms with van der Waals surface area (Å²) in [5.41, 5.74) is 3.29. The Labute approximate surface area is 88.2 Å². The molecule has 0 amide bonds. The summed E-state index contributed by atoms with van der Waals surface area (Å²) in [6.45, 7) is 3.89. The van der Waals surface area contributed by atoms with Crippen LogP contribution in [0.4, 0.5) is 4.39 Å². The molecule has 0 aliphatic carbocycles. The fourth-order valence-corrected chi connectivity index (χ4v) is 1.33. The third kappa shape index (κ3) is 2.94. The average molecular weight is 217 g/mol. The Morgan fingerprint density at radius 2 is 2.14 bits per heavy atom. The predicted molar refractivity (Wildman–Crippen MR) is 56.5 cm³/mol. The molecule has 0 fully saturated rings. The van der Waals surface area contributed by atoms with E-state index in [1.165, 1.54) is 6.07 Å². The van der Waals surface area contributed by atoms with Crippen molar-refractivity contribution in [1.82, 2.24) is 5.43 Å². The van der Waals surface area contributed by atoms with Gasteiger partial charge in [-0.1, -0.05) is 17.7 Å². The second-order valence-electron chi connectivity index (χ2n) is 3.95. The highest BCUT2D eigenvalue weighted by Gasteiger charge is 2.16. The van der Waals surface area contributed by atoms with Crippen LogP contribution in [0.2, 0.25) is 5.02 Å². The van der Waals surface area contributed by atoms with Gasteiger partial charge in [-0.25, -0.2) is 4.39 Å². The van der Waals surface area contributed by atoms with E-state index in [9.17, 15) is 4.39 Å². The van der Waals surface area contributed by atoms with Gasteiger partial charge in [-0.05, 0) is 38.0 Å². The lowest BCUT2D eigenvalue weighted by molar-refractivity contribution is 0.395. The molecular weight excluding hydrogens is 203 g/mol. The molecular formula is C10H14ClFN2. The van der Waals surface area contributed by atoms with E-state index in [1.807, 2.05) is 13.8 Å². The van der Waals surface area contributed by atoms with Crippen molar-refractivity contribution in [2.24, 2.45) is 5.84 Å². The Kier molecular flexibility index (Phi) is 3.48. The Morgan fingerprint density at radius 3 is 2.64 bits per heavy atom.